The van der Waals surface area contributed by atoms with Gasteiger partial charge in [-0.3, -0.25) is 0 Å². The summed E-state index contributed by atoms with van der Waals surface area (Å²) in [6.45, 7) is 1.02. The number of halogens is 1. The first-order valence-corrected chi connectivity index (χ1v) is 5.63. The van der Waals surface area contributed by atoms with E-state index in [1.807, 2.05) is 0 Å². The van der Waals surface area contributed by atoms with Crippen LogP contribution in [-0.2, 0) is 9.47 Å². The van der Waals surface area contributed by atoms with Crippen LogP contribution in [0.1, 0.15) is 17.3 Å². The molecule has 1 aromatic carbocycles. The lowest BCUT2D eigenvalue weighted by Crippen LogP contribution is -2.38. The minimum atomic E-state index is -1.45. The summed E-state index contributed by atoms with van der Waals surface area (Å²) in [6.07, 6.45) is -3.65. The third kappa shape index (κ3) is 4.09. The molecule has 0 heterocycles. The highest BCUT2D eigenvalue weighted by molar-refractivity contribution is 5.89. The van der Waals surface area contributed by atoms with Gasteiger partial charge in [0.2, 0.25) is 0 Å². The summed E-state index contributed by atoms with van der Waals surface area (Å²) in [5, 5.41) is 9.48. The molecule has 0 radical (unpaired) electrons. The number of ether oxygens (including phenoxy) is 2. The molecule has 0 aliphatic carbocycles. The zero-order valence-corrected chi connectivity index (χ0v) is 10.4. The molecule has 0 bridgehead atoms. The highest BCUT2D eigenvalue weighted by Gasteiger charge is 2.26. The quantitative estimate of drug-likeness (QED) is 0.785. The van der Waals surface area contributed by atoms with Crippen molar-refractivity contribution in [2.45, 2.75) is 25.3 Å². The van der Waals surface area contributed by atoms with Crippen LogP contribution in [-0.4, -0.2) is 43.2 Å². The third-order valence-electron chi connectivity index (χ3n) is 2.54. The van der Waals surface area contributed by atoms with Gasteiger partial charge in [-0.2, -0.15) is 0 Å². The van der Waals surface area contributed by atoms with E-state index in [0.717, 1.165) is 0 Å². The number of aliphatic hydroxyl groups is 1. The molecule has 1 N–H and O–H groups in total. The number of methoxy groups -OCH3 is 1. The van der Waals surface area contributed by atoms with Crippen LogP contribution >= 0.6 is 0 Å². The van der Waals surface area contributed by atoms with Gasteiger partial charge >= 0.3 is 5.97 Å². The molecule has 0 aliphatic heterocycles. The Morgan fingerprint density at radius 3 is 2.50 bits per heavy atom. The van der Waals surface area contributed by atoms with Crippen molar-refractivity contribution < 1.29 is 23.8 Å². The fourth-order valence-corrected chi connectivity index (χ4v) is 1.42. The van der Waals surface area contributed by atoms with Gasteiger partial charge in [-0.1, -0.05) is 18.2 Å². The number of aliphatic hydroxyl groups excluding tert-OH is 1. The van der Waals surface area contributed by atoms with Crippen molar-refractivity contribution >= 4 is 5.97 Å². The molecule has 1 aromatic rings. The Balaban J connectivity index is 2.51. The molecule has 0 aliphatic rings. The van der Waals surface area contributed by atoms with E-state index in [-0.39, 0.29) is 6.61 Å². The number of hydrogen-bond donors (Lipinski definition) is 1. The molecule has 1 rings (SSSR count). The average Bonchev–Trinajstić information content (AvgIpc) is 2.39. The molecule has 100 valence electrons. The van der Waals surface area contributed by atoms with Crippen molar-refractivity contribution in [1.29, 1.82) is 0 Å². The Bertz CT molecular complexity index is 367. The van der Waals surface area contributed by atoms with Crippen LogP contribution < -0.4 is 0 Å². The van der Waals surface area contributed by atoms with Gasteiger partial charge < -0.3 is 14.6 Å². The second-order valence-corrected chi connectivity index (χ2v) is 3.91. The molecule has 3 atom stereocenters. The van der Waals surface area contributed by atoms with Crippen LogP contribution in [0.4, 0.5) is 4.39 Å². The lowest BCUT2D eigenvalue weighted by molar-refractivity contribution is -0.0730. The average molecular weight is 256 g/mol. The Labute approximate surface area is 105 Å². The first-order chi connectivity index (χ1) is 8.56. The van der Waals surface area contributed by atoms with Gasteiger partial charge in [-0.15, -0.1) is 0 Å². The van der Waals surface area contributed by atoms with Crippen molar-refractivity contribution in [3.05, 3.63) is 35.9 Å². The Kier molecular flexibility index (Phi) is 5.74. The lowest BCUT2D eigenvalue weighted by Gasteiger charge is -2.22. The summed E-state index contributed by atoms with van der Waals surface area (Å²) in [4.78, 5) is 11.6. The lowest BCUT2D eigenvalue weighted by atomic mass is 10.1. The molecule has 0 fully saturated rings. The fraction of sp³-hybridized carbons (Fsp3) is 0.462. The Hall–Kier alpha value is -1.46. The fourth-order valence-electron chi connectivity index (χ4n) is 1.42. The molecule has 5 heteroatoms. The molecule has 0 saturated heterocycles. The van der Waals surface area contributed by atoms with Gasteiger partial charge in [-0.05, 0) is 19.1 Å². The van der Waals surface area contributed by atoms with Gasteiger partial charge in [0.1, 0.15) is 25.0 Å². The molecular weight excluding hydrogens is 239 g/mol. The van der Waals surface area contributed by atoms with Crippen LogP contribution in [0, 0.1) is 0 Å². The van der Waals surface area contributed by atoms with Crippen molar-refractivity contribution in [1.82, 2.24) is 0 Å². The molecule has 18 heavy (non-hydrogen) atoms. The number of carbonyl (C=O) groups excluding carboxylic acids is 1. The number of hydrogen-bond acceptors (Lipinski definition) is 4. The molecule has 2 unspecified atom stereocenters. The van der Waals surface area contributed by atoms with E-state index < -0.39 is 24.3 Å². The second kappa shape index (κ2) is 7.08. The maximum atomic E-state index is 12.9. The molecule has 0 aromatic heterocycles. The third-order valence-corrected chi connectivity index (χ3v) is 2.54. The molecule has 4 nitrogen and oxygen atoms in total. The van der Waals surface area contributed by atoms with Gasteiger partial charge in [0.05, 0.1) is 5.56 Å². The van der Waals surface area contributed by atoms with E-state index in [1.165, 1.54) is 14.0 Å². The van der Waals surface area contributed by atoms with E-state index in [4.69, 9.17) is 9.47 Å². The zero-order valence-electron chi connectivity index (χ0n) is 10.4. The number of esters is 1. The summed E-state index contributed by atoms with van der Waals surface area (Å²) >= 11 is 0. The molecular formula is C13H17FO4. The molecule has 0 amide bonds. The van der Waals surface area contributed by atoms with E-state index in [1.54, 1.807) is 30.3 Å². The maximum Gasteiger partial charge on any atom is 0.338 e. The Morgan fingerprint density at radius 2 is 2.00 bits per heavy atom. The van der Waals surface area contributed by atoms with Crippen LogP contribution in [0.3, 0.4) is 0 Å². The zero-order chi connectivity index (χ0) is 13.5. The summed E-state index contributed by atoms with van der Waals surface area (Å²) in [7, 11) is 1.33. The van der Waals surface area contributed by atoms with E-state index in [2.05, 4.69) is 0 Å². The number of benzene rings is 1. The Morgan fingerprint density at radius 1 is 1.39 bits per heavy atom. The van der Waals surface area contributed by atoms with Crippen molar-refractivity contribution in [3.63, 3.8) is 0 Å². The van der Waals surface area contributed by atoms with Gasteiger partial charge in [0, 0.05) is 7.11 Å². The normalized spacial score (nSPS) is 15.8. The molecule has 0 spiro atoms. The highest BCUT2D eigenvalue weighted by Crippen LogP contribution is 2.09. The number of rotatable bonds is 6. The largest absolute Gasteiger partial charge is 0.459 e. The number of carbonyl (C=O) groups is 1. The standard InChI is InChI=1S/C13H17FO4/c1-9(14)12(15)11(17-2)8-18-13(16)10-6-4-3-5-7-10/h3-7,9,11-12,15H,8H2,1-2H3/t9?,11-,12?/m1/s1. The number of alkyl halides is 1. The smallest absolute Gasteiger partial charge is 0.338 e. The molecule has 0 saturated carbocycles. The van der Waals surface area contributed by atoms with Gasteiger partial charge in [0.25, 0.3) is 0 Å². The van der Waals surface area contributed by atoms with Crippen molar-refractivity contribution in [2.24, 2.45) is 0 Å². The van der Waals surface area contributed by atoms with Crippen LogP contribution in [0.2, 0.25) is 0 Å². The van der Waals surface area contributed by atoms with Gasteiger partial charge in [0.15, 0.2) is 0 Å². The first-order valence-electron chi connectivity index (χ1n) is 5.63. The predicted octanol–water partition coefficient (Wildman–Crippen LogP) is 1.58. The van der Waals surface area contributed by atoms with Crippen molar-refractivity contribution in [3.8, 4) is 0 Å². The summed E-state index contributed by atoms with van der Waals surface area (Å²) in [6, 6.07) is 8.42. The van der Waals surface area contributed by atoms with Crippen LogP contribution in [0.5, 0.6) is 0 Å². The second-order valence-electron chi connectivity index (χ2n) is 3.91. The SMILES string of the molecule is CO[C@H](COC(=O)c1ccccc1)C(O)C(C)F. The van der Waals surface area contributed by atoms with Crippen LogP contribution in [0.25, 0.3) is 0 Å². The topological polar surface area (TPSA) is 55.8 Å². The first kappa shape index (κ1) is 14.6. The van der Waals surface area contributed by atoms with Crippen LogP contribution in [0.15, 0.2) is 30.3 Å². The van der Waals surface area contributed by atoms with E-state index in [9.17, 15) is 14.3 Å². The minimum absolute atomic E-state index is 0.195. The summed E-state index contributed by atoms with van der Waals surface area (Å²) in [5.41, 5.74) is 0.398. The van der Waals surface area contributed by atoms with E-state index in [0.29, 0.717) is 5.56 Å². The van der Waals surface area contributed by atoms with E-state index >= 15 is 0 Å². The monoisotopic (exact) mass is 256 g/mol. The predicted molar refractivity (Wildman–Crippen MR) is 64.1 cm³/mol. The maximum absolute atomic E-state index is 12.9. The van der Waals surface area contributed by atoms with Crippen molar-refractivity contribution in [2.75, 3.05) is 13.7 Å². The van der Waals surface area contributed by atoms with Gasteiger partial charge in [-0.25, -0.2) is 9.18 Å². The summed E-state index contributed by atoms with van der Waals surface area (Å²) in [5.74, 6) is -0.531. The summed E-state index contributed by atoms with van der Waals surface area (Å²) < 4.78 is 22.8. The minimum Gasteiger partial charge on any atom is -0.459 e. The highest BCUT2D eigenvalue weighted by atomic mass is 19.1.